The second kappa shape index (κ2) is 7.28. The van der Waals surface area contributed by atoms with Crippen molar-refractivity contribution in [3.8, 4) is 0 Å². The molecule has 2 fully saturated rings. The van der Waals surface area contributed by atoms with Crippen molar-refractivity contribution < 1.29 is 9.53 Å². The van der Waals surface area contributed by atoms with Gasteiger partial charge in [0.2, 0.25) is 0 Å². The van der Waals surface area contributed by atoms with Gasteiger partial charge in [0.1, 0.15) is 6.33 Å². The van der Waals surface area contributed by atoms with E-state index in [-0.39, 0.29) is 11.5 Å². The minimum absolute atomic E-state index is 0.0334. The van der Waals surface area contributed by atoms with Crippen LogP contribution < -0.4 is 4.90 Å². The van der Waals surface area contributed by atoms with Crippen molar-refractivity contribution in [2.45, 2.75) is 18.4 Å². The van der Waals surface area contributed by atoms with Crippen molar-refractivity contribution in [1.29, 1.82) is 0 Å². The molecule has 1 amide bonds. The second-order valence-electron chi connectivity index (χ2n) is 8.19. The summed E-state index contributed by atoms with van der Waals surface area (Å²) in [6.45, 7) is 3.72. The first-order valence-corrected chi connectivity index (χ1v) is 11.3. The van der Waals surface area contributed by atoms with E-state index in [1.165, 1.54) is 11.0 Å². The summed E-state index contributed by atoms with van der Waals surface area (Å²) in [6, 6.07) is 11.9. The Bertz CT molecular complexity index is 1230. The molecule has 0 N–H and O–H groups in total. The van der Waals surface area contributed by atoms with Crippen LogP contribution >= 0.6 is 11.3 Å². The van der Waals surface area contributed by atoms with Crippen LogP contribution in [0.1, 0.15) is 23.2 Å². The van der Waals surface area contributed by atoms with Crippen LogP contribution in [0.5, 0.6) is 0 Å². The van der Waals surface area contributed by atoms with E-state index in [2.05, 4.69) is 33.2 Å². The first kappa shape index (κ1) is 18.7. The lowest BCUT2D eigenvalue weighted by Gasteiger charge is -2.47. The number of ether oxygens (including phenoxy) is 1. The van der Waals surface area contributed by atoms with Crippen molar-refractivity contribution in [1.82, 2.24) is 24.5 Å². The molecule has 4 aromatic rings. The zero-order valence-corrected chi connectivity index (χ0v) is 17.8. The predicted molar refractivity (Wildman–Crippen MR) is 119 cm³/mol. The Morgan fingerprint density at radius 1 is 1.10 bits per heavy atom. The fourth-order valence-electron chi connectivity index (χ4n) is 4.55. The highest BCUT2D eigenvalue weighted by molar-refractivity contribution is 7.22. The second-order valence-corrected chi connectivity index (χ2v) is 9.20. The van der Waals surface area contributed by atoms with Gasteiger partial charge in [-0.25, -0.2) is 14.5 Å². The van der Waals surface area contributed by atoms with Crippen LogP contribution in [0.3, 0.4) is 0 Å². The third-order valence-corrected chi connectivity index (χ3v) is 7.38. The number of pyridine rings is 1. The number of likely N-dealkylation sites (tertiary alicyclic amines) is 1. The zero-order chi connectivity index (χ0) is 20.8. The number of anilines is 1. The van der Waals surface area contributed by atoms with Crippen molar-refractivity contribution in [3.05, 3.63) is 54.5 Å². The van der Waals surface area contributed by atoms with Gasteiger partial charge in [-0.05, 0) is 37.1 Å². The molecule has 0 radical (unpaired) electrons. The van der Waals surface area contributed by atoms with E-state index in [1.54, 1.807) is 22.0 Å². The van der Waals surface area contributed by atoms with Crippen LogP contribution in [0.2, 0.25) is 0 Å². The van der Waals surface area contributed by atoms with Gasteiger partial charge in [0.25, 0.3) is 5.91 Å². The van der Waals surface area contributed by atoms with E-state index >= 15 is 0 Å². The summed E-state index contributed by atoms with van der Waals surface area (Å²) in [5.74, 6) is 0.0334. The van der Waals surface area contributed by atoms with Gasteiger partial charge in [-0.1, -0.05) is 23.5 Å². The number of benzene rings is 1. The molecule has 0 unspecified atom stereocenters. The number of para-hydroxylation sites is 1. The lowest BCUT2D eigenvalue weighted by Crippen LogP contribution is -2.57. The van der Waals surface area contributed by atoms with Gasteiger partial charge in [0.15, 0.2) is 10.8 Å². The van der Waals surface area contributed by atoms with E-state index < -0.39 is 0 Å². The summed E-state index contributed by atoms with van der Waals surface area (Å²) in [5, 5.41) is 5.19. The van der Waals surface area contributed by atoms with Gasteiger partial charge in [-0.2, -0.15) is 5.10 Å². The Hall–Kier alpha value is -3.04. The lowest BCUT2D eigenvalue weighted by atomic mass is 9.89. The molecule has 2 saturated heterocycles. The molecule has 0 bridgehead atoms. The Kier molecular flexibility index (Phi) is 4.39. The quantitative estimate of drug-likeness (QED) is 0.483. The molecule has 1 spiro atoms. The van der Waals surface area contributed by atoms with Crippen molar-refractivity contribution >= 4 is 38.2 Å². The molecule has 1 aromatic carbocycles. The number of piperidine rings is 1. The largest absolute Gasteiger partial charge is 0.371 e. The third-order valence-electron chi connectivity index (χ3n) is 6.28. The fraction of sp³-hybridized carbons (Fsp3) is 0.364. The van der Waals surface area contributed by atoms with Crippen LogP contribution in [0.25, 0.3) is 15.9 Å². The Morgan fingerprint density at radius 3 is 2.84 bits per heavy atom. The van der Waals surface area contributed by atoms with Crippen LogP contribution in [-0.2, 0) is 4.74 Å². The van der Waals surface area contributed by atoms with Crippen LogP contribution in [-0.4, -0.2) is 68.8 Å². The number of fused-ring (bicyclic) bond motifs is 2. The Labute approximate surface area is 183 Å². The molecule has 2 aliphatic rings. The number of amides is 1. The molecule has 8 nitrogen and oxygen atoms in total. The number of thiazole rings is 1. The first-order chi connectivity index (χ1) is 15.2. The highest BCUT2D eigenvalue weighted by Crippen LogP contribution is 2.35. The van der Waals surface area contributed by atoms with Gasteiger partial charge in [-0.15, -0.1) is 0 Å². The Balaban J connectivity index is 1.16. The summed E-state index contributed by atoms with van der Waals surface area (Å²) in [4.78, 5) is 26.3. The molecule has 158 valence electrons. The SMILES string of the molecule is O=C(c1ccc2ncnn2c1)N1CCC2(CC1)CN(c1nc3ccccc3s1)CCO2. The Morgan fingerprint density at radius 2 is 1.97 bits per heavy atom. The number of aromatic nitrogens is 4. The molecule has 3 aromatic heterocycles. The molecule has 0 atom stereocenters. The molecule has 0 aliphatic carbocycles. The maximum absolute atomic E-state index is 13.0. The van der Waals surface area contributed by atoms with E-state index in [4.69, 9.17) is 9.72 Å². The predicted octanol–water partition coefficient (Wildman–Crippen LogP) is 2.85. The monoisotopic (exact) mass is 434 g/mol. The van der Waals surface area contributed by atoms with E-state index in [0.717, 1.165) is 42.2 Å². The minimum atomic E-state index is -0.220. The summed E-state index contributed by atoms with van der Waals surface area (Å²) < 4.78 is 9.14. The average Bonchev–Trinajstić information content (AvgIpc) is 3.45. The number of morpholine rings is 1. The van der Waals surface area contributed by atoms with E-state index in [1.807, 2.05) is 23.1 Å². The smallest absolute Gasteiger partial charge is 0.255 e. The highest BCUT2D eigenvalue weighted by atomic mass is 32.1. The third kappa shape index (κ3) is 3.34. The number of nitrogens with zero attached hydrogens (tertiary/aromatic N) is 6. The summed E-state index contributed by atoms with van der Waals surface area (Å²) in [6.07, 6.45) is 4.89. The van der Waals surface area contributed by atoms with Gasteiger partial charge in [-0.3, -0.25) is 4.79 Å². The van der Waals surface area contributed by atoms with Gasteiger partial charge < -0.3 is 14.5 Å². The molecule has 2 aliphatic heterocycles. The van der Waals surface area contributed by atoms with Gasteiger partial charge >= 0.3 is 0 Å². The van der Waals surface area contributed by atoms with Crippen molar-refractivity contribution in [2.75, 3.05) is 37.7 Å². The van der Waals surface area contributed by atoms with E-state index in [9.17, 15) is 4.79 Å². The van der Waals surface area contributed by atoms with Crippen molar-refractivity contribution in [3.63, 3.8) is 0 Å². The number of hydrogen-bond acceptors (Lipinski definition) is 7. The van der Waals surface area contributed by atoms with Gasteiger partial charge in [0, 0.05) is 32.4 Å². The average molecular weight is 435 g/mol. The summed E-state index contributed by atoms with van der Waals surface area (Å²) >= 11 is 1.74. The summed E-state index contributed by atoms with van der Waals surface area (Å²) in [7, 11) is 0. The normalized spacial score (nSPS) is 18.8. The van der Waals surface area contributed by atoms with E-state index in [0.29, 0.717) is 25.3 Å². The maximum atomic E-state index is 13.0. The standard InChI is InChI=1S/C22H22N6O2S/c29-20(16-5-6-19-23-15-24-28(19)13-16)26-9-7-22(8-10-26)14-27(11-12-30-22)21-25-17-3-1-2-4-18(17)31-21/h1-6,13,15H,7-12,14H2. The van der Waals surface area contributed by atoms with Crippen LogP contribution in [0.15, 0.2) is 48.9 Å². The number of carbonyl (C=O) groups excluding carboxylic acids is 1. The molecule has 9 heteroatoms. The maximum Gasteiger partial charge on any atom is 0.255 e. The van der Waals surface area contributed by atoms with Crippen molar-refractivity contribution in [2.24, 2.45) is 0 Å². The topological polar surface area (TPSA) is 75.9 Å². The molecule has 6 rings (SSSR count). The number of rotatable bonds is 2. The molecule has 5 heterocycles. The molecular formula is C22H22N6O2S. The molecular weight excluding hydrogens is 412 g/mol. The van der Waals surface area contributed by atoms with Crippen LogP contribution in [0.4, 0.5) is 5.13 Å². The highest BCUT2D eigenvalue weighted by Gasteiger charge is 2.41. The van der Waals surface area contributed by atoms with Gasteiger partial charge in [0.05, 0.1) is 28.0 Å². The molecule has 31 heavy (non-hydrogen) atoms. The minimum Gasteiger partial charge on any atom is -0.371 e. The fourth-order valence-corrected chi connectivity index (χ4v) is 5.54. The number of hydrogen-bond donors (Lipinski definition) is 0. The lowest BCUT2D eigenvalue weighted by molar-refractivity contribution is -0.0868. The number of carbonyl (C=O) groups is 1. The molecule has 0 saturated carbocycles. The first-order valence-electron chi connectivity index (χ1n) is 10.5. The van der Waals surface area contributed by atoms with Crippen LogP contribution in [0, 0.1) is 0 Å². The zero-order valence-electron chi connectivity index (χ0n) is 17.0. The summed E-state index contributed by atoms with van der Waals surface area (Å²) in [5.41, 5.74) is 2.20.